The highest BCUT2D eigenvalue weighted by molar-refractivity contribution is 8.22. The number of piperidine rings is 1. The van der Waals surface area contributed by atoms with Gasteiger partial charge in [0.25, 0.3) is 0 Å². The van der Waals surface area contributed by atoms with E-state index in [2.05, 4.69) is 4.90 Å². The van der Waals surface area contributed by atoms with Crippen LogP contribution in [-0.2, 0) is 0 Å². The SMILES string of the molecule is O=c1cc(OCCCCSC(=S)N2CCCCC2)c2ccccc2o1. The maximum atomic E-state index is 11.6. The molecule has 25 heavy (non-hydrogen) atoms. The molecular formula is C19H23NO3S2. The van der Waals surface area contributed by atoms with E-state index in [0.29, 0.717) is 17.9 Å². The molecule has 0 saturated carbocycles. The normalized spacial score (nSPS) is 14.6. The lowest BCUT2D eigenvalue weighted by molar-refractivity contribution is 0.311. The van der Waals surface area contributed by atoms with Gasteiger partial charge in [-0.2, -0.15) is 0 Å². The monoisotopic (exact) mass is 377 g/mol. The Balaban J connectivity index is 1.40. The number of benzene rings is 1. The Labute approximate surface area is 157 Å². The van der Waals surface area contributed by atoms with Gasteiger partial charge in [-0.25, -0.2) is 4.79 Å². The van der Waals surface area contributed by atoms with E-state index < -0.39 is 0 Å². The van der Waals surface area contributed by atoms with Crippen LogP contribution >= 0.6 is 24.0 Å². The van der Waals surface area contributed by atoms with Gasteiger partial charge in [0.2, 0.25) is 0 Å². The lowest BCUT2D eigenvalue weighted by Gasteiger charge is -2.28. The molecule has 1 fully saturated rings. The van der Waals surface area contributed by atoms with E-state index in [9.17, 15) is 4.79 Å². The summed E-state index contributed by atoms with van der Waals surface area (Å²) in [7, 11) is 0. The predicted molar refractivity (Wildman–Crippen MR) is 108 cm³/mol. The number of hydrogen-bond donors (Lipinski definition) is 0. The standard InChI is InChI=1S/C19H23NO3S2/c21-18-14-17(15-8-2-3-9-16(15)23-18)22-12-6-7-13-25-19(24)20-10-4-1-5-11-20/h2-3,8-9,14H,1,4-7,10-13H2. The number of hydrogen-bond acceptors (Lipinski definition) is 5. The van der Waals surface area contributed by atoms with Crippen molar-refractivity contribution in [2.75, 3.05) is 25.4 Å². The molecule has 0 spiro atoms. The van der Waals surface area contributed by atoms with Crippen molar-refractivity contribution in [1.82, 2.24) is 4.90 Å². The van der Waals surface area contributed by atoms with Crippen molar-refractivity contribution in [3.8, 4) is 5.75 Å². The van der Waals surface area contributed by atoms with Gasteiger partial charge in [0, 0.05) is 18.8 Å². The van der Waals surface area contributed by atoms with Crippen LogP contribution in [0.5, 0.6) is 5.75 Å². The number of unbranched alkanes of at least 4 members (excludes halogenated alkanes) is 1. The van der Waals surface area contributed by atoms with Gasteiger partial charge in [-0.15, -0.1) is 0 Å². The predicted octanol–water partition coefficient (Wildman–Crippen LogP) is 4.46. The first-order valence-corrected chi connectivity index (χ1v) is 10.2. The lowest BCUT2D eigenvalue weighted by Crippen LogP contribution is -2.32. The molecule has 2 heterocycles. The van der Waals surface area contributed by atoms with E-state index in [1.807, 2.05) is 18.2 Å². The zero-order valence-corrected chi connectivity index (χ0v) is 15.9. The van der Waals surface area contributed by atoms with Gasteiger partial charge in [0.05, 0.1) is 18.1 Å². The molecule has 0 N–H and O–H groups in total. The molecule has 4 nitrogen and oxygen atoms in total. The average molecular weight is 378 g/mol. The van der Waals surface area contributed by atoms with Crippen LogP contribution < -0.4 is 10.4 Å². The van der Waals surface area contributed by atoms with Gasteiger partial charge in [-0.05, 0) is 44.2 Å². The van der Waals surface area contributed by atoms with Crippen LogP contribution in [0.2, 0.25) is 0 Å². The number of thiocarbonyl (C=S) groups is 1. The van der Waals surface area contributed by atoms with Crippen molar-refractivity contribution >= 4 is 39.3 Å². The number of nitrogens with zero attached hydrogens (tertiary/aromatic N) is 1. The van der Waals surface area contributed by atoms with E-state index in [4.69, 9.17) is 21.4 Å². The fourth-order valence-electron chi connectivity index (χ4n) is 2.91. The number of fused-ring (bicyclic) bond motifs is 1. The topological polar surface area (TPSA) is 42.7 Å². The molecule has 0 aliphatic carbocycles. The third-order valence-electron chi connectivity index (χ3n) is 4.25. The summed E-state index contributed by atoms with van der Waals surface area (Å²) in [6.07, 6.45) is 5.82. The molecule has 0 radical (unpaired) electrons. The maximum absolute atomic E-state index is 11.6. The van der Waals surface area contributed by atoms with Crippen molar-refractivity contribution in [3.63, 3.8) is 0 Å². The molecule has 1 aliphatic rings. The number of rotatable bonds is 6. The minimum absolute atomic E-state index is 0.379. The van der Waals surface area contributed by atoms with E-state index >= 15 is 0 Å². The second-order valence-electron chi connectivity index (χ2n) is 6.14. The maximum Gasteiger partial charge on any atom is 0.339 e. The second kappa shape index (κ2) is 9.25. The molecule has 0 amide bonds. The Hall–Kier alpha value is -1.53. The molecule has 6 heteroatoms. The van der Waals surface area contributed by atoms with Gasteiger partial charge in [-0.1, -0.05) is 36.1 Å². The molecule has 3 rings (SSSR count). The zero-order valence-electron chi connectivity index (χ0n) is 14.2. The first-order valence-electron chi connectivity index (χ1n) is 8.81. The van der Waals surface area contributed by atoms with Crippen molar-refractivity contribution in [2.24, 2.45) is 0 Å². The molecule has 2 aromatic rings. The number of para-hydroxylation sites is 1. The summed E-state index contributed by atoms with van der Waals surface area (Å²) in [5.41, 5.74) is 0.184. The Morgan fingerprint density at radius 3 is 2.84 bits per heavy atom. The molecule has 134 valence electrons. The molecule has 1 saturated heterocycles. The molecule has 0 atom stereocenters. The molecule has 1 aromatic carbocycles. The van der Waals surface area contributed by atoms with Crippen molar-refractivity contribution < 1.29 is 9.15 Å². The largest absolute Gasteiger partial charge is 0.493 e. The summed E-state index contributed by atoms with van der Waals surface area (Å²) >= 11 is 7.28. The fourth-order valence-corrected chi connectivity index (χ4v) is 4.24. The van der Waals surface area contributed by atoms with Crippen LogP contribution in [0.3, 0.4) is 0 Å². The van der Waals surface area contributed by atoms with Gasteiger partial charge < -0.3 is 14.1 Å². The number of likely N-dealkylation sites (tertiary alicyclic amines) is 1. The highest BCUT2D eigenvalue weighted by atomic mass is 32.2. The van der Waals surface area contributed by atoms with Gasteiger partial charge >= 0.3 is 5.63 Å². The molecule has 0 bridgehead atoms. The first-order chi connectivity index (χ1) is 12.2. The van der Waals surface area contributed by atoms with Crippen molar-refractivity contribution in [3.05, 3.63) is 40.8 Å². The average Bonchev–Trinajstić information content (AvgIpc) is 2.64. The summed E-state index contributed by atoms with van der Waals surface area (Å²) < 4.78 is 12.0. The Morgan fingerprint density at radius 2 is 2.00 bits per heavy atom. The number of thioether (sulfide) groups is 1. The van der Waals surface area contributed by atoms with Gasteiger partial charge in [0.1, 0.15) is 15.7 Å². The van der Waals surface area contributed by atoms with E-state index in [-0.39, 0.29) is 5.63 Å². The van der Waals surface area contributed by atoms with Crippen LogP contribution in [0.25, 0.3) is 11.0 Å². The van der Waals surface area contributed by atoms with E-state index in [1.165, 1.54) is 25.3 Å². The summed E-state index contributed by atoms with van der Waals surface area (Å²) in [6.45, 7) is 2.81. The Morgan fingerprint density at radius 1 is 1.20 bits per heavy atom. The second-order valence-corrected chi connectivity index (χ2v) is 7.87. The highest BCUT2D eigenvalue weighted by Gasteiger charge is 2.13. The summed E-state index contributed by atoms with van der Waals surface area (Å²) in [5.74, 6) is 1.61. The number of ether oxygens (including phenoxy) is 1. The van der Waals surface area contributed by atoms with Crippen LogP contribution in [0.4, 0.5) is 0 Å². The molecule has 1 aliphatic heterocycles. The third kappa shape index (κ3) is 5.22. The van der Waals surface area contributed by atoms with Gasteiger partial charge in [-0.3, -0.25) is 0 Å². The van der Waals surface area contributed by atoms with Crippen LogP contribution in [-0.4, -0.2) is 34.7 Å². The van der Waals surface area contributed by atoms with E-state index in [1.54, 1.807) is 17.8 Å². The van der Waals surface area contributed by atoms with Crippen LogP contribution in [0, 0.1) is 0 Å². The minimum atomic E-state index is -0.379. The minimum Gasteiger partial charge on any atom is -0.493 e. The molecular weight excluding hydrogens is 354 g/mol. The third-order valence-corrected chi connectivity index (χ3v) is 5.86. The Kier molecular flexibility index (Phi) is 6.76. The zero-order chi connectivity index (χ0) is 17.5. The highest BCUT2D eigenvalue weighted by Crippen LogP contribution is 2.23. The van der Waals surface area contributed by atoms with Crippen LogP contribution in [0.1, 0.15) is 32.1 Å². The van der Waals surface area contributed by atoms with Gasteiger partial charge in [0.15, 0.2) is 0 Å². The summed E-state index contributed by atoms with van der Waals surface area (Å²) in [6, 6.07) is 8.86. The van der Waals surface area contributed by atoms with E-state index in [0.717, 1.165) is 41.4 Å². The molecule has 1 aromatic heterocycles. The summed E-state index contributed by atoms with van der Waals surface area (Å²) in [4.78, 5) is 13.9. The smallest absolute Gasteiger partial charge is 0.339 e. The summed E-state index contributed by atoms with van der Waals surface area (Å²) in [5, 5.41) is 0.836. The molecule has 0 unspecified atom stereocenters. The quantitative estimate of drug-likeness (QED) is 0.421. The lowest BCUT2D eigenvalue weighted by atomic mass is 10.1. The first kappa shape index (κ1) is 18.3. The van der Waals surface area contributed by atoms with Crippen molar-refractivity contribution in [2.45, 2.75) is 32.1 Å². The Bertz CT molecular complexity index is 769. The van der Waals surface area contributed by atoms with Crippen LogP contribution in [0.15, 0.2) is 39.5 Å². The van der Waals surface area contributed by atoms with Crippen molar-refractivity contribution in [1.29, 1.82) is 0 Å². The fraction of sp³-hybridized carbons (Fsp3) is 0.474.